The molecule has 3 aromatic rings. The third kappa shape index (κ3) is 4.05. The second-order valence-corrected chi connectivity index (χ2v) is 6.56. The van der Waals surface area contributed by atoms with E-state index in [4.69, 9.17) is 0 Å². The van der Waals surface area contributed by atoms with Crippen LogP contribution in [0.1, 0.15) is 41.3 Å². The molecule has 0 bridgehead atoms. The van der Waals surface area contributed by atoms with Gasteiger partial charge in [0.15, 0.2) is 0 Å². The maximum Gasteiger partial charge on any atom is 0.245 e. The second-order valence-electron chi connectivity index (χ2n) is 6.56. The van der Waals surface area contributed by atoms with Crippen LogP contribution in [0.3, 0.4) is 0 Å². The van der Waals surface area contributed by atoms with Crippen LogP contribution in [-0.2, 0) is 24.3 Å². The molecule has 27 heavy (non-hydrogen) atoms. The van der Waals surface area contributed by atoms with Crippen molar-refractivity contribution in [2.75, 3.05) is 0 Å². The van der Waals surface area contributed by atoms with Gasteiger partial charge in [0.2, 0.25) is 5.91 Å². The van der Waals surface area contributed by atoms with Crippen LogP contribution in [0, 0.1) is 20.8 Å². The van der Waals surface area contributed by atoms with Crippen molar-refractivity contribution in [3.05, 3.63) is 58.7 Å². The fourth-order valence-corrected chi connectivity index (χ4v) is 3.24. The zero-order valence-corrected chi connectivity index (χ0v) is 16.2. The van der Waals surface area contributed by atoms with E-state index in [1.54, 1.807) is 11.6 Å². The van der Waals surface area contributed by atoms with Gasteiger partial charge >= 0.3 is 0 Å². The highest BCUT2D eigenvalue weighted by Crippen LogP contribution is 2.17. The summed E-state index contributed by atoms with van der Waals surface area (Å²) in [5, 5.41) is 19.2. The monoisotopic (exact) mass is 367 g/mol. The van der Waals surface area contributed by atoms with E-state index < -0.39 is 6.04 Å². The molecule has 1 unspecified atom stereocenters. The van der Waals surface area contributed by atoms with Gasteiger partial charge in [0.1, 0.15) is 11.9 Å². The fraction of sp³-hybridized carbons (Fsp3) is 0.421. The third-order valence-corrected chi connectivity index (χ3v) is 4.80. The number of hydrogen-bond acceptors (Lipinski definition) is 5. The van der Waals surface area contributed by atoms with Gasteiger partial charge in [-0.25, -0.2) is 4.68 Å². The number of carbonyl (C=O) groups is 1. The Morgan fingerprint density at radius 2 is 1.93 bits per heavy atom. The maximum atomic E-state index is 13.0. The molecular formula is C19H25N7O. The first kappa shape index (κ1) is 18.8. The standard InChI is InChI=1S/C19H25N7O/c1-5-25-14(3)17(13(2)22-25)12-20-19(27)18(26-15(4)21-23-24-26)11-16-9-7-6-8-10-16/h6-10,18H,5,11-12H2,1-4H3,(H,20,27). The van der Waals surface area contributed by atoms with Crippen molar-refractivity contribution in [1.82, 2.24) is 35.3 Å². The molecule has 8 nitrogen and oxygen atoms in total. The third-order valence-electron chi connectivity index (χ3n) is 4.80. The molecule has 2 aromatic heterocycles. The SMILES string of the molecule is CCn1nc(C)c(CNC(=O)C(Cc2ccccc2)n2nnnc2C)c1C. The van der Waals surface area contributed by atoms with Gasteiger partial charge in [0, 0.05) is 30.8 Å². The lowest BCUT2D eigenvalue weighted by Gasteiger charge is -2.18. The lowest BCUT2D eigenvalue weighted by Crippen LogP contribution is -2.35. The maximum absolute atomic E-state index is 13.0. The summed E-state index contributed by atoms with van der Waals surface area (Å²) < 4.78 is 3.53. The summed E-state index contributed by atoms with van der Waals surface area (Å²) in [5.74, 6) is 0.495. The van der Waals surface area contributed by atoms with E-state index in [2.05, 4.69) is 32.9 Å². The van der Waals surface area contributed by atoms with Crippen molar-refractivity contribution in [3.8, 4) is 0 Å². The fourth-order valence-electron chi connectivity index (χ4n) is 3.24. The van der Waals surface area contributed by atoms with Gasteiger partial charge in [0.05, 0.1) is 5.69 Å². The van der Waals surface area contributed by atoms with Crippen molar-refractivity contribution < 1.29 is 4.79 Å². The van der Waals surface area contributed by atoms with Gasteiger partial charge in [-0.15, -0.1) is 5.10 Å². The molecule has 0 aliphatic heterocycles. The average molecular weight is 367 g/mol. The minimum atomic E-state index is -0.510. The summed E-state index contributed by atoms with van der Waals surface area (Å²) in [7, 11) is 0. The smallest absolute Gasteiger partial charge is 0.245 e. The van der Waals surface area contributed by atoms with E-state index in [0.717, 1.165) is 29.1 Å². The highest BCUT2D eigenvalue weighted by atomic mass is 16.2. The number of nitrogens with one attached hydrogen (secondary N) is 1. The number of benzene rings is 1. The summed E-state index contributed by atoms with van der Waals surface area (Å²) in [6.45, 7) is 9.08. The van der Waals surface area contributed by atoms with Gasteiger partial charge in [-0.2, -0.15) is 5.10 Å². The summed E-state index contributed by atoms with van der Waals surface area (Å²) in [4.78, 5) is 13.0. The number of aryl methyl sites for hydroxylation is 3. The van der Waals surface area contributed by atoms with Crippen molar-refractivity contribution in [1.29, 1.82) is 0 Å². The van der Waals surface area contributed by atoms with Gasteiger partial charge < -0.3 is 5.32 Å². The molecule has 0 radical (unpaired) electrons. The van der Waals surface area contributed by atoms with Gasteiger partial charge in [-0.3, -0.25) is 9.48 Å². The number of tetrazole rings is 1. The molecule has 1 N–H and O–H groups in total. The van der Waals surface area contributed by atoms with Crippen LogP contribution in [0.5, 0.6) is 0 Å². The molecule has 142 valence electrons. The van der Waals surface area contributed by atoms with E-state index >= 15 is 0 Å². The van der Waals surface area contributed by atoms with E-state index in [9.17, 15) is 4.79 Å². The van der Waals surface area contributed by atoms with Crippen LogP contribution in [-0.4, -0.2) is 35.9 Å². The predicted molar refractivity (Wildman–Crippen MR) is 101 cm³/mol. The summed E-state index contributed by atoms with van der Waals surface area (Å²) in [5.41, 5.74) is 4.12. The molecule has 0 saturated carbocycles. The molecule has 0 aliphatic rings. The number of rotatable bonds is 7. The molecule has 8 heteroatoms. The Morgan fingerprint density at radius 1 is 1.19 bits per heavy atom. The zero-order chi connectivity index (χ0) is 19.4. The van der Waals surface area contributed by atoms with Gasteiger partial charge in [-0.1, -0.05) is 30.3 Å². The van der Waals surface area contributed by atoms with Crippen molar-refractivity contribution >= 4 is 5.91 Å². The minimum absolute atomic E-state index is 0.114. The van der Waals surface area contributed by atoms with E-state index in [0.29, 0.717) is 18.8 Å². The summed E-state index contributed by atoms with van der Waals surface area (Å²) >= 11 is 0. The average Bonchev–Trinajstić information content (AvgIpc) is 3.21. The molecule has 0 spiro atoms. The Kier molecular flexibility index (Phi) is 5.63. The van der Waals surface area contributed by atoms with Crippen molar-refractivity contribution in [3.63, 3.8) is 0 Å². The van der Waals surface area contributed by atoms with Crippen LogP contribution < -0.4 is 5.32 Å². The quantitative estimate of drug-likeness (QED) is 0.689. The zero-order valence-electron chi connectivity index (χ0n) is 16.2. The topological polar surface area (TPSA) is 90.5 Å². The highest BCUT2D eigenvalue weighted by molar-refractivity contribution is 5.80. The number of carbonyl (C=O) groups excluding carboxylic acids is 1. The first-order chi connectivity index (χ1) is 13.0. The summed E-state index contributed by atoms with van der Waals surface area (Å²) in [6, 6.07) is 9.37. The predicted octanol–water partition coefficient (Wildman–Crippen LogP) is 1.91. The van der Waals surface area contributed by atoms with Gasteiger partial charge in [-0.05, 0) is 43.7 Å². The van der Waals surface area contributed by atoms with Crippen LogP contribution in [0.25, 0.3) is 0 Å². The molecule has 2 heterocycles. The lowest BCUT2D eigenvalue weighted by atomic mass is 10.0. The normalized spacial score (nSPS) is 12.1. The van der Waals surface area contributed by atoms with Crippen LogP contribution in [0.2, 0.25) is 0 Å². The minimum Gasteiger partial charge on any atom is -0.350 e. The van der Waals surface area contributed by atoms with Crippen molar-refractivity contribution in [2.45, 2.75) is 53.2 Å². The lowest BCUT2D eigenvalue weighted by molar-refractivity contribution is -0.124. The number of hydrogen-bond donors (Lipinski definition) is 1. The first-order valence-electron chi connectivity index (χ1n) is 9.10. The van der Waals surface area contributed by atoms with Crippen molar-refractivity contribution in [2.24, 2.45) is 0 Å². The highest BCUT2D eigenvalue weighted by Gasteiger charge is 2.24. The van der Waals surface area contributed by atoms with E-state index in [-0.39, 0.29) is 5.91 Å². The van der Waals surface area contributed by atoms with Gasteiger partial charge in [0.25, 0.3) is 0 Å². The van der Waals surface area contributed by atoms with E-state index in [1.165, 1.54) is 0 Å². The summed E-state index contributed by atoms with van der Waals surface area (Å²) in [6.07, 6.45) is 0.519. The Labute approximate surface area is 158 Å². The Morgan fingerprint density at radius 3 is 2.52 bits per heavy atom. The second kappa shape index (κ2) is 8.11. The van der Waals surface area contributed by atoms with Crippen LogP contribution in [0.15, 0.2) is 30.3 Å². The number of aromatic nitrogens is 6. The number of nitrogens with zero attached hydrogens (tertiary/aromatic N) is 6. The first-order valence-corrected chi connectivity index (χ1v) is 9.10. The molecule has 3 rings (SSSR count). The van der Waals surface area contributed by atoms with Crippen LogP contribution >= 0.6 is 0 Å². The molecule has 1 atom stereocenters. The Hall–Kier alpha value is -3.03. The largest absolute Gasteiger partial charge is 0.350 e. The molecular weight excluding hydrogens is 342 g/mol. The van der Waals surface area contributed by atoms with Crippen LogP contribution in [0.4, 0.5) is 0 Å². The molecule has 0 aliphatic carbocycles. The van der Waals surface area contributed by atoms with E-state index in [1.807, 2.05) is 48.9 Å². The molecule has 1 amide bonds. The number of amides is 1. The Bertz CT molecular complexity index is 914. The Balaban J connectivity index is 1.79. The molecule has 0 saturated heterocycles. The molecule has 1 aromatic carbocycles. The molecule has 0 fully saturated rings.